The number of carbonyl (C=O) groups is 1. The molecule has 0 radical (unpaired) electrons. The SMILES string of the molecule is COc1ccc(C(F)(F)F)cc1-c1cc(C(=O)O)[nH]n1. The van der Waals surface area contributed by atoms with E-state index in [2.05, 4.69) is 10.2 Å². The smallest absolute Gasteiger partial charge is 0.416 e. The summed E-state index contributed by atoms with van der Waals surface area (Å²) in [6.07, 6.45) is -4.51. The quantitative estimate of drug-likeness (QED) is 0.909. The third-order valence-corrected chi connectivity index (χ3v) is 2.61. The van der Waals surface area contributed by atoms with Gasteiger partial charge in [-0.2, -0.15) is 18.3 Å². The monoisotopic (exact) mass is 286 g/mol. The molecule has 0 saturated heterocycles. The van der Waals surface area contributed by atoms with Crippen molar-refractivity contribution in [2.75, 3.05) is 7.11 Å². The lowest BCUT2D eigenvalue weighted by Gasteiger charge is -2.11. The zero-order valence-electron chi connectivity index (χ0n) is 10.2. The molecule has 0 atom stereocenters. The van der Waals surface area contributed by atoms with E-state index in [9.17, 15) is 18.0 Å². The highest BCUT2D eigenvalue weighted by Gasteiger charge is 2.31. The Morgan fingerprint density at radius 1 is 1.35 bits per heavy atom. The number of nitrogens with zero attached hydrogens (tertiary/aromatic N) is 1. The number of aromatic amines is 1. The number of carboxylic acids is 1. The first kappa shape index (κ1) is 13.9. The summed E-state index contributed by atoms with van der Waals surface area (Å²) in [4.78, 5) is 10.7. The molecule has 2 N–H and O–H groups in total. The Bertz CT molecular complexity index is 650. The fraction of sp³-hybridized carbons (Fsp3) is 0.167. The number of halogens is 3. The van der Waals surface area contributed by atoms with Gasteiger partial charge in [0.1, 0.15) is 11.4 Å². The van der Waals surface area contributed by atoms with E-state index in [1.165, 1.54) is 7.11 Å². The molecule has 0 bridgehead atoms. The van der Waals surface area contributed by atoms with Gasteiger partial charge in [-0.1, -0.05) is 0 Å². The van der Waals surface area contributed by atoms with Crippen LogP contribution in [0.1, 0.15) is 16.1 Å². The van der Waals surface area contributed by atoms with E-state index < -0.39 is 17.7 Å². The largest absolute Gasteiger partial charge is 0.496 e. The van der Waals surface area contributed by atoms with Gasteiger partial charge in [0.2, 0.25) is 0 Å². The van der Waals surface area contributed by atoms with Crippen LogP contribution in [0.4, 0.5) is 13.2 Å². The fourth-order valence-electron chi connectivity index (χ4n) is 1.65. The van der Waals surface area contributed by atoms with Gasteiger partial charge < -0.3 is 9.84 Å². The molecule has 0 unspecified atom stereocenters. The molecule has 1 aromatic carbocycles. The van der Waals surface area contributed by atoms with Gasteiger partial charge in [-0.3, -0.25) is 5.10 Å². The standard InChI is InChI=1S/C12H9F3N2O3/c1-20-10-3-2-6(12(13,14)15)4-7(10)8-5-9(11(18)19)17-16-8/h2-5H,1H3,(H,16,17)(H,18,19). The second kappa shape index (κ2) is 4.87. The molecular formula is C12H9F3N2O3. The number of aromatic carboxylic acids is 1. The molecule has 5 nitrogen and oxygen atoms in total. The number of ether oxygens (including phenoxy) is 1. The Balaban J connectivity index is 2.55. The molecule has 106 valence electrons. The van der Waals surface area contributed by atoms with Crippen LogP contribution in [0.25, 0.3) is 11.3 Å². The zero-order chi connectivity index (χ0) is 14.9. The van der Waals surface area contributed by atoms with Crippen molar-refractivity contribution < 1.29 is 27.8 Å². The third kappa shape index (κ3) is 2.58. The highest BCUT2D eigenvalue weighted by molar-refractivity contribution is 5.87. The van der Waals surface area contributed by atoms with Crippen molar-refractivity contribution in [3.8, 4) is 17.0 Å². The molecule has 0 saturated carbocycles. The average molecular weight is 286 g/mol. The molecule has 8 heteroatoms. The summed E-state index contributed by atoms with van der Waals surface area (Å²) in [6, 6.07) is 4.04. The van der Waals surface area contributed by atoms with Crippen molar-refractivity contribution in [3.05, 3.63) is 35.5 Å². The first-order chi connectivity index (χ1) is 9.32. The van der Waals surface area contributed by atoms with Crippen LogP contribution < -0.4 is 4.74 Å². The summed E-state index contributed by atoms with van der Waals surface area (Å²) in [5.74, 6) is -1.09. The maximum absolute atomic E-state index is 12.7. The number of methoxy groups -OCH3 is 1. The lowest BCUT2D eigenvalue weighted by atomic mass is 10.1. The van der Waals surface area contributed by atoms with E-state index in [0.29, 0.717) is 0 Å². The lowest BCUT2D eigenvalue weighted by molar-refractivity contribution is -0.137. The maximum Gasteiger partial charge on any atom is 0.416 e. The van der Waals surface area contributed by atoms with Gasteiger partial charge in [0, 0.05) is 5.56 Å². The van der Waals surface area contributed by atoms with Gasteiger partial charge >= 0.3 is 12.1 Å². The van der Waals surface area contributed by atoms with Gasteiger partial charge in [0.25, 0.3) is 0 Å². The van der Waals surface area contributed by atoms with Crippen molar-refractivity contribution in [2.24, 2.45) is 0 Å². The molecule has 0 fully saturated rings. The molecule has 2 aromatic rings. The minimum absolute atomic E-state index is 0.0605. The van der Waals surface area contributed by atoms with Crippen LogP contribution in [-0.2, 0) is 6.18 Å². The van der Waals surface area contributed by atoms with Crippen LogP contribution in [0.15, 0.2) is 24.3 Å². The number of aromatic nitrogens is 2. The molecule has 0 amide bonds. The van der Waals surface area contributed by atoms with E-state index in [-0.39, 0.29) is 22.7 Å². The van der Waals surface area contributed by atoms with Gasteiger partial charge in [0.15, 0.2) is 0 Å². The van der Waals surface area contributed by atoms with Crippen LogP contribution in [0, 0.1) is 0 Å². The van der Waals surface area contributed by atoms with Gasteiger partial charge in [-0.05, 0) is 24.3 Å². The Morgan fingerprint density at radius 3 is 2.55 bits per heavy atom. The van der Waals surface area contributed by atoms with Crippen molar-refractivity contribution in [1.29, 1.82) is 0 Å². The summed E-state index contributed by atoms with van der Waals surface area (Å²) in [5, 5.41) is 14.7. The summed E-state index contributed by atoms with van der Waals surface area (Å²) in [7, 11) is 1.30. The number of nitrogens with one attached hydrogen (secondary N) is 1. The lowest BCUT2D eigenvalue weighted by Crippen LogP contribution is -2.05. The van der Waals surface area contributed by atoms with Crippen LogP contribution >= 0.6 is 0 Å². The number of H-pyrrole nitrogens is 1. The Morgan fingerprint density at radius 2 is 2.05 bits per heavy atom. The minimum atomic E-state index is -4.51. The van der Waals surface area contributed by atoms with E-state index in [4.69, 9.17) is 9.84 Å². The van der Waals surface area contributed by atoms with E-state index in [1.807, 2.05) is 0 Å². The van der Waals surface area contributed by atoms with Gasteiger partial charge in [-0.25, -0.2) is 4.79 Å². The summed E-state index contributed by atoms with van der Waals surface area (Å²) in [6.45, 7) is 0. The summed E-state index contributed by atoms with van der Waals surface area (Å²) < 4.78 is 43.0. The van der Waals surface area contributed by atoms with E-state index in [1.54, 1.807) is 0 Å². The molecule has 1 heterocycles. The van der Waals surface area contributed by atoms with Crippen LogP contribution in [0.2, 0.25) is 0 Å². The average Bonchev–Trinajstić information content (AvgIpc) is 2.86. The Kier molecular flexibility index (Phi) is 3.39. The minimum Gasteiger partial charge on any atom is -0.496 e. The normalized spacial score (nSPS) is 11.4. The topological polar surface area (TPSA) is 75.2 Å². The molecule has 0 aliphatic carbocycles. The molecule has 2 rings (SSSR count). The molecule has 1 aromatic heterocycles. The van der Waals surface area contributed by atoms with Crippen LogP contribution in [-0.4, -0.2) is 28.4 Å². The van der Waals surface area contributed by atoms with E-state index in [0.717, 1.165) is 24.3 Å². The Labute approximate surface area is 111 Å². The predicted octanol–water partition coefficient (Wildman–Crippen LogP) is 2.80. The molecule has 0 aliphatic heterocycles. The van der Waals surface area contributed by atoms with Crippen molar-refractivity contribution in [2.45, 2.75) is 6.18 Å². The molecular weight excluding hydrogens is 277 g/mol. The highest BCUT2D eigenvalue weighted by Crippen LogP contribution is 2.36. The molecule has 0 spiro atoms. The zero-order valence-corrected chi connectivity index (χ0v) is 10.2. The maximum atomic E-state index is 12.7. The second-order valence-electron chi connectivity index (χ2n) is 3.88. The first-order valence-electron chi connectivity index (χ1n) is 5.37. The second-order valence-corrected chi connectivity index (χ2v) is 3.88. The van der Waals surface area contributed by atoms with E-state index >= 15 is 0 Å². The number of hydrogen-bond donors (Lipinski definition) is 2. The molecule has 20 heavy (non-hydrogen) atoms. The summed E-state index contributed by atoms with van der Waals surface area (Å²) in [5.41, 5.74) is -0.968. The van der Waals surface area contributed by atoms with Crippen LogP contribution in [0.5, 0.6) is 5.75 Å². The first-order valence-corrected chi connectivity index (χ1v) is 5.37. The van der Waals surface area contributed by atoms with Crippen molar-refractivity contribution in [1.82, 2.24) is 10.2 Å². The summed E-state index contributed by atoms with van der Waals surface area (Å²) >= 11 is 0. The number of rotatable bonds is 3. The van der Waals surface area contributed by atoms with Crippen molar-refractivity contribution >= 4 is 5.97 Å². The van der Waals surface area contributed by atoms with Crippen LogP contribution in [0.3, 0.4) is 0 Å². The van der Waals surface area contributed by atoms with Gasteiger partial charge in [0.05, 0.1) is 18.4 Å². The highest BCUT2D eigenvalue weighted by atomic mass is 19.4. The third-order valence-electron chi connectivity index (χ3n) is 2.61. The predicted molar refractivity (Wildman–Crippen MR) is 62.5 cm³/mol. The van der Waals surface area contributed by atoms with Gasteiger partial charge in [-0.15, -0.1) is 0 Å². The number of alkyl halides is 3. The number of hydrogen-bond acceptors (Lipinski definition) is 3. The fourth-order valence-corrected chi connectivity index (χ4v) is 1.65. The molecule has 0 aliphatic rings. The number of benzene rings is 1. The Hall–Kier alpha value is -2.51. The van der Waals surface area contributed by atoms with Crippen molar-refractivity contribution in [3.63, 3.8) is 0 Å². The number of carboxylic acid groups (broad SMARTS) is 1.